The Labute approximate surface area is 118 Å². The Morgan fingerprint density at radius 2 is 1.94 bits per heavy atom. The van der Waals surface area contributed by atoms with E-state index in [4.69, 9.17) is 27.9 Å². The molecule has 1 aliphatic rings. The molecule has 18 heavy (non-hydrogen) atoms. The van der Waals surface area contributed by atoms with Crippen LogP contribution in [0.4, 0.5) is 0 Å². The highest BCUT2D eigenvalue weighted by atomic mass is 35.5. The molecule has 0 aliphatic heterocycles. The second kappa shape index (κ2) is 6.14. The summed E-state index contributed by atoms with van der Waals surface area (Å²) in [4.78, 5) is 0. The standard InChI is InChI=1S/C14H18Cl2O2/c1-18-14-8-11(15)10(7-12(14)16)13(17)6-9-4-2-3-5-9/h7-9,13,17H,2-6H2,1H3. The van der Waals surface area contributed by atoms with E-state index in [1.54, 1.807) is 19.2 Å². The molecule has 0 amide bonds. The third-order valence-electron chi connectivity index (χ3n) is 3.66. The molecule has 1 saturated carbocycles. The van der Waals surface area contributed by atoms with Gasteiger partial charge in [-0.2, -0.15) is 0 Å². The van der Waals surface area contributed by atoms with E-state index in [2.05, 4.69) is 0 Å². The molecule has 0 bridgehead atoms. The van der Waals surface area contributed by atoms with Crippen LogP contribution in [-0.4, -0.2) is 12.2 Å². The Morgan fingerprint density at radius 1 is 1.28 bits per heavy atom. The predicted molar refractivity (Wildman–Crippen MR) is 74.5 cm³/mol. The molecule has 0 heterocycles. The van der Waals surface area contributed by atoms with Crippen molar-refractivity contribution in [3.8, 4) is 5.75 Å². The summed E-state index contributed by atoms with van der Waals surface area (Å²) < 4.78 is 5.10. The van der Waals surface area contributed by atoms with E-state index < -0.39 is 6.10 Å². The Kier molecular flexibility index (Phi) is 4.77. The van der Waals surface area contributed by atoms with Crippen molar-refractivity contribution in [3.63, 3.8) is 0 Å². The number of benzene rings is 1. The first kappa shape index (κ1) is 14.0. The molecule has 1 aromatic rings. The van der Waals surface area contributed by atoms with E-state index >= 15 is 0 Å². The largest absolute Gasteiger partial charge is 0.495 e. The second-order valence-corrected chi connectivity index (χ2v) is 5.72. The van der Waals surface area contributed by atoms with Crippen LogP contribution in [0.2, 0.25) is 10.0 Å². The fraction of sp³-hybridized carbons (Fsp3) is 0.571. The maximum Gasteiger partial charge on any atom is 0.138 e. The molecule has 100 valence electrons. The molecule has 1 unspecified atom stereocenters. The minimum atomic E-state index is -0.538. The zero-order chi connectivity index (χ0) is 13.1. The van der Waals surface area contributed by atoms with Crippen molar-refractivity contribution in [2.75, 3.05) is 7.11 Å². The lowest BCUT2D eigenvalue weighted by Crippen LogP contribution is -2.05. The van der Waals surface area contributed by atoms with E-state index in [-0.39, 0.29) is 0 Å². The third kappa shape index (κ3) is 3.11. The van der Waals surface area contributed by atoms with Crippen LogP contribution in [0.15, 0.2) is 12.1 Å². The Balaban J connectivity index is 2.13. The van der Waals surface area contributed by atoms with Gasteiger partial charge < -0.3 is 9.84 Å². The van der Waals surface area contributed by atoms with Crippen molar-refractivity contribution in [2.24, 2.45) is 5.92 Å². The normalized spacial score (nSPS) is 18.0. The summed E-state index contributed by atoms with van der Waals surface area (Å²) in [6.07, 6.45) is 5.19. The SMILES string of the molecule is COc1cc(Cl)c(C(O)CC2CCCC2)cc1Cl. The van der Waals surface area contributed by atoms with E-state index in [1.165, 1.54) is 25.7 Å². The van der Waals surface area contributed by atoms with Gasteiger partial charge in [0.2, 0.25) is 0 Å². The maximum atomic E-state index is 10.3. The van der Waals surface area contributed by atoms with Crippen molar-refractivity contribution in [3.05, 3.63) is 27.7 Å². The molecule has 0 radical (unpaired) electrons. The van der Waals surface area contributed by atoms with Gasteiger partial charge in [-0.05, 0) is 18.4 Å². The number of methoxy groups -OCH3 is 1. The first-order valence-corrected chi connectivity index (χ1v) is 7.08. The van der Waals surface area contributed by atoms with Crippen molar-refractivity contribution < 1.29 is 9.84 Å². The van der Waals surface area contributed by atoms with Crippen LogP contribution in [0.25, 0.3) is 0 Å². The highest BCUT2D eigenvalue weighted by molar-refractivity contribution is 6.34. The Morgan fingerprint density at radius 3 is 2.56 bits per heavy atom. The van der Waals surface area contributed by atoms with Gasteiger partial charge in [-0.3, -0.25) is 0 Å². The highest BCUT2D eigenvalue weighted by Crippen LogP contribution is 2.38. The van der Waals surface area contributed by atoms with Gasteiger partial charge in [-0.15, -0.1) is 0 Å². The lowest BCUT2D eigenvalue weighted by molar-refractivity contribution is 0.145. The number of hydrogen-bond donors (Lipinski definition) is 1. The molecule has 1 atom stereocenters. The highest BCUT2D eigenvalue weighted by Gasteiger charge is 2.22. The van der Waals surface area contributed by atoms with Crippen LogP contribution in [0.3, 0.4) is 0 Å². The smallest absolute Gasteiger partial charge is 0.138 e. The number of halogens is 2. The number of ether oxygens (including phenoxy) is 1. The van der Waals surface area contributed by atoms with E-state index in [0.717, 1.165) is 6.42 Å². The van der Waals surface area contributed by atoms with Gasteiger partial charge in [-0.25, -0.2) is 0 Å². The molecule has 0 aromatic heterocycles. The van der Waals surface area contributed by atoms with Gasteiger partial charge in [-0.1, -0.05) is 48.9 Å². The van der Waals surface area contributed by atoms with E-state index in [9.17, 15) is 5.11 Å². The molecule has 0 spiro atoms. The summed E-state index contributed by atoms with van der Waals surface area (Å²) in [5, 5.41) is 11.3. The fourth-order valence-electron chi connectivity index (χ4n) is 2.64. The first-order chi connectivity index (χ1) is 8.61. The number of rotatable bonds is 4. The van der Waals surface area contributed by atoms with Crippen LogP contribution >= 0.6 is 23.2 Å². The molecule has 1 fully saturated rings. The lowest BCUT2D eigenvalue weighted by atomic mass is 9.95. The Hall–Kier alpha value is -0.440. The van der Waals surface area contributed by atoms with Gasteiger partial charge in [0.05, 0.1) is 23.3 Å². The van der Waals surface area contributed by atoms with Crippen molar-refractivity contribution in [2.45, 2.75) is 38.2 Å². The summed E-state index contributed by atoms with van der Waals surface area (Å²) in [6.45, 7) is 0. The van der Waals surface area contributed by atoms with Crippen LogP contribution in [0.1, 0.15) is 43.8 Å². The number of aliphatic hydroxyl groups excluding tert-OH is 1. The summed E-state index contributed by atoms with van der Waals surface area (Å²) in [5.74, 6) is 1.15. The third-order valence-corrected chi connectivity index (χ3v) is 4.28. The Bertz CT molecular complexity index is 415. The summed E-state index contributed by atoms with van der Waals surface area (Å²) >= 11 is 12.2. The molecule has 1 aromatic carbocycles. The first-order valence-electron chi connectivity index (χ1n) is 6.32. The van der Waals surface area contributed by atoms with Crippen LogP contribution in [0, 0.1) is 5.92 Å². The fourth-order valence-corrected chi connectivity index (χ4v) is 3.17. The number of aliphatic hydroxyl groups is 1. The average Bonchev–Trinajstić information content (AvgIpc) is 2.84. The second-order valence-electron chi connectivity index (χ2n) is 4.91. The van der Waals surface area contributed by atoms with Gasteiger partial charge in [0.25, 0.3) is 0 Å². The van der Waals surface area contributed by atoms with Gasteiger partial charge in [0, 0.05) is 11.6 Å². The quantitative estimate of drug-likeness (QED) is 0.876. The van der Waals surface area contributed by atoms with E-state index in [0.29, 0.717) is 27.3 Å². The van der Waals surface area contributed by atoms with Gasteiger partial charge in [0.15, 0.2) is 0 Å². The topological polar surface area (TPSA) is 29.5 Å². The molecule has 1 aliphatic carbocycles. The molecular weight excluding hydrogens is 271 g/mol. The summed E-state index contributed by atoms with van der Waals surface area (Å²) in [7, 11) is 1.55. The van der Waals surface area contributed by atoms with Crippen LogP contribution in [-0.2, 0) is 0 Å². The monoisotopic (exact) mass is 288 g/mol. The van der Waals surface area contributed by atoms with Crippen molar-refractivity contribution >= 4 is 23.2 Å². The number of hydrogen-bond acceptors (Lipinski definition) is 2. The van der Waals surface area contributed by atoms with Crippen LogP contribution in [0.5, 0.6) is 5.75 Å². The van der Waals surface area contributed by atoms with Crippen LogP contribution < -0.4 is 4.74 Å². The maximum absolute atomic E-state index is 10.3. The average molecular weight is 289 g/mol. The molecule has 1 N–H and O–H groups in total. The molecular formula is C14H18Cl2O2. The minimum absolute atomic E-state index is 0.488. The summed E-state index contributed by atoms with van der Waals surface area (Å²) in [6, 6.07) is 3.37. The molecule has 0 saturated heterocycles. The van der Waals surface area contributed by atoms with Gasteiger partial charge >= 0.3 is 0 Å². The van der Waals surface area contributed by atoms with Gasteiger partial charge in [0.1, 0.15) is 5.75 Å². The molecule has 2 nitrogen and oxygen atoms in total. The van der Waals surface area contributed by atoms with Crippen molar-refractivity contribution in [1.29, 1.82) is 0 Å². The predicted octanol–water partition coefficient (Wildman–Crippen LogP) is 4.62. The zero-order valence-corrected chi connectivity index (χ0v) is 12.0. The zero-order valence-electron chi connectivity index (χ0n) is 10.5. The van der Waals surface area contributed by atoms with Crippen molar-refractivity contribution in [1.82, 2.24) is 0 Å². The minimum Gasteiger partial charge on any atom is -0.495 e. The lowest BCUT2D eigenvalue weighted by Gasteiger charge is -2.18. The molecule has 4 heteroatoms. The molecule has 2 rings (SSSR count). The van der Waals surface area contributed by atoms with E-state index in [1.807, 2.05) is 0 Å². The summed E-state index contributed by atoms with van der Waals surface area (Å²) in [5.41, 5.74) is 0.703.